The third-order valence-electron chi connectivity index (χ3n) is 4.35. The van der Waals surface area contributed by atoms with Crippen molar-refractivity contribution in [1.29, 1.82) is 5.26 Å². The molecule has 3 rings (SSSR count). The zero-order valence-electron chi connectivity index (χ0n) is 12.0. The standard InChI is InChI=1S/C16H20N4O/c17-6-5-12-1-3-15(4-2-12)19-16(21)11-20-9-13-7-18-8-14(13)10-20/h1-4,13-14,18H,5,7-11H2,(H,19,21)/t13-,14+. The molecule has 0 spiro atoms. The SMILES string of the molecule is N#CCc1ccc(NC(=O)CN2C[C@H]3CNC[C@H]3C2)cc1. The lowest BCUT2D eigenvalue weighted by Gasteiger charge is -2.16. The number of amides is 1. The number of anilines is 1. The fourth-order valence-corrected chi connectivity index (χ4v) is 3.28. The molecule has 0 aliphatic carbocycles. The quantitative estimate of drug-likeness (QED) is 0.860. The van der Waals surface area contributed by atoms with Crippen molar-refractivity contribution >= 4 is 11.6 Å². The summed E-state index contributed by atoms with van der Waals surface area (Å²) in [6.45, 7) is 4.68. The number of rotatable bonds is 4. The summed E-state index contributed by atoms with van der Waals surface area (Å²) in [6, 6.07) is 9.58. The van der Waals surface area contributed by atoms with Crippen LogP contribution in [-0.4, -0.2) is 43.5 Å². The van der Waals surface area contributed by atoms with Crippen molar-refractivity contribution < 1.29 is 4.79 Å². The summed E-state index contributed by atoms with van der Waals surface area (Å²) in [5, 5.41) is 15.0. The smallest absolute Gasteiger partial charge is 0.238 e. The summed E-state index contributed by atoms with van der Waals surface area (Å²) in [4.78, 5) is 14.3. The molecule has 0 unspecified atom stereocenters. The molecule has 2 heterocycles. The van der Waals surface area contributed by atoms with E-state index in [0.29, 0.717) is 24.8 Å². The first-order valence-corrected chi connectivity index (χ1v) is 7.43. The number of likely N-dealkylation sites (tertiary alicyclic amines) is 1. The first-order valence-electron chi connectivity index (χ1n) is 7.43. The van der Waals surface area contributed by atoms with Crippen LogP contribution in [0.2, 0.25) is 0 Å². The lowest BCUT2D eigenvalue weighted by atomic mass is 10.0. The second-order valence-corrected chi connectivity index (χ2v) is 5.95. The van der Waals surface area contributed by atoms with E-state index < -0.39 is 0 Å². The zero-order valence-corrected chi connectivity index (χ0v) is 12.0. The van der Waals surface area contributed by atoms with E-state index in [4.69, 9.17) is 5.26 Å². The zero-order chi connectivity index (χ0) is 14.7. The molecule has 5 nitrogen and oxygen atoms in total. The Hall–Kier alpha value is -1.90. The van der Waals surface area contributed by atoms with Crippen LogP contribution >= 0.6 is 0 Å². The highest BCUT2D eigenvalue weighted by Gasteiger charge is 2.36. The van der Waals surface area contributed by atoms with E-state index in [2.05, 4.69) is 21.6 Å². The molecule has 2 atom stereocenters. The molecule has 1 amide bonds. The lowest BCUT2D eigenvalue weighted by Crippen LogP contribution is -2.33. The Morgan fingerprint density at radius 1 is 1.29 bits per heavy atom. The predicted molar refractivity (Wildman–Crippen MR) is 80.7 cm³/mol. The number of fused-ring (bicyclic) bond motifs is 1. The number of carbonyl (C=O) groups is 1. The summed E-state index contributed by atoms with van der Waals surface area (Å²) in [6.07, 6.45) is 0.402. The van der Waals surface area contributed by atoms with Crippen molar-refractivity contribution in [1.82, 2.24) is 10.2 Å². The van der Waals surface area contributed by atoms with E-state index in [0.717, 1.165) is 37.4 Å². The van der Waals surface area contributed by atoms with Gasteiger partial charge in [-0.1, -0.05) is 12.1 Å². The highest BCUT2D eigenvalue weighted by Crippen LogP contribution is 2.25. The third kappa shape index (κ3) is 3.41. The summed E-state index contributed by atoms with van der Waals surface area (Å²) in [7, 11) is 0. The summed E-state index contributed by atoms with van der Waals surface area (Å²) in [5.74, 6) is 1.46. The number of hydrogen-bond donors (Lipinski definition) is 2. The van der Waals surface area contributed by atoms with Gasteiger partial charge in [0.25, 0.3) is 0 Å². The molecule has 110 valence electrons. The highest BCUT2D eigenvalue weighted by molar-refractivity contribution is 5.92. The molecule has 1 aromatic rings. The Morgan fingerprint density at radius 3 is 2.57 bits per heavy atom. The average Bonchev–Trinajstić information content (AvgIpc) is 3.02. The molecule has 2 N–H and O–H groups in total. The second kappa shape index (κ2) is 6.25. The minimum absolute atomic E-state index is 0.0379. The first-order chi connectivity index (χ1) is 10.2. The van der Waals surface area contributed by atoms with Gasteiger partial charge in [0.1, 0.15) is 0 Å². The fourth-order valence-electron chi connectivity index (χ4n) is 3.28. The molecule has 0 saturated carbocycles. The highest BCUT2D eigenvalue weighted by atomic mass is 16.2. The molecule has 2 aliphatic rings. The molecule has 2 aliphatic heterocycles. The van der Waals surface area contributed by atoms with Crippen LogP contribution in [0.5, 0.6) is 0 Å². The topological polar surface area (TPSA) is 68.2 Å². The number of nitriles is 1. The van der Waals surface area contributed by atoms with Crippen LogP contribution in [0.4, 0.5) is 5.69 Å². The number of hydrogen-bond acceptors (Lipinski definition) is 4. The monoisotopic (exact) mass is 284 g/mol. The Balaban J connectivity index is 1.49. The van der Waals surface area contributed by atoms with E-state index in [-0.39, 0.29) is 5.91 Å². The van der Waals surface area contributed by atoms with Gasteiger partial charge in [-0.25, -0.2) is 0 Å². The molecule has 1 aromatic carbocycles. The van der Waals surface area contributed by atoms with Gasteiger partial charge in [0.15, 0.2) is 0 Å². The number of benzene rings is 1. The van der Waals surface area contributed by atoms with Gasteiger partial charge in [-0.2, -0.15) is 5.26 Å². The van der Waals surface area contributed by atoms with Crippen LogP contribution in [-0.2, 0) is 11.2 Å². The Morgan fingerprint density at radius 2 is 1.95 bits per heavy atom. The first kappa shape index (κ1) is 14.1. The van der Waals surface area contributed by atoms with Crippen molar-refractivity contribution in [2.24, 2.45) is 11.8 Å². The molecule has 2 saturated heterocycles. The summed E-state index contributed by atoms with van der Waals surface area (Å²) < 4.78 is 0. The second-order valence-electron chi connectivity index (χ2n) is 5.95. The van der Waals surface area contributed by atoms with Crippen molar-refractivity contribution in [2.75, 3.05) is 38.0 Å². The summed E-state index contributed by atoms with van der Waals surface area (Å²) in [5.41, 5.74) is 1.76. The predicted octanol–water partition coefficient (Wildman–Crippen LogP) is 0.842. The van der Waals surface area contributed by atoms with Crippen LogP contribution < -0.4 is 10.6 Å². The Kier molecular flexibility index (Phi) is 4.18. The fraction of sp³-hybridized carbons (Fsp3) is 0.500. The van der Waals surface area contributed by atoms with Gasteiger partial charge in [-0.15, -0.1) is 0 Å². The molecule has 5 heteroatoms. The Bertz CT molecular complexity index is 536. The van der Waals surface area contributed by atoms with E-state index in [1.807, 2.05) is 24.3 Å². The van der Waals surface area contributed by atoms with Crippen molar-refractivity contribution in [3.05, 3.63) is 29.8 Å². The molecular formula is C16H20N4O. The maximum atomic E-state index is 12.1. The number of nitrogens with zero attached hydrogens (tertiary/aromatic N) is 2. The van der Waals surface area contributed by atoms with E-state index in [1.54, 1.807) is 0 Å². The van der Waals surface area contributed by atoms with Gasteiger partial charge < -0.3 is 10.6 Å². The maximum Gasteiger partial charge on any atom is 0.238 e. The third-order valence-corrected chi connectivity index (χ3v) is 4.35. The van der Waals surface area contributed by atoms with Gasteiger partial charge in [0.2, 0.25) is 5.91 Å². The van der Waals surface area contributed by atoms with Crippen molar-refractivity contribution in [2.45, 2.75) is 6.42 Å². The minimum Gasteiger partial charge on any atom is -0.325 e. The number of nitrogens with one attached hydrogen (secondary N) is 2. The summed E-state index contributed by atoms with van der Waals surface area (Å²) >= 11 is 0. The van der Waals surface area contributed by atoms with Crippen molar-refractivity contribution in [3.63, 3.8) is 0 Å². The van der Waals surface area contributed by atoms with Crippen LogP contribution in [0.3, 0.4) is 0 Å². The molecule has 2 fully saturated rings. The van der Waals surface area contributed by atoms with Crippen LogP contribution in [0.15, 0.2) is 24.3 Å². The van der Waals surface area contributed by atoms with Gasteiger partial charge in [0, 0.05) is 18.8 Å². The van der Waals surface area contributed by atoms with Gasteiger partial charge >= 0.3 is 0 Å². The van der Waals surface area contributed by atoms with Gasteiger partial charge in [-0.05, 0) is 42.6 Å². The van der Waals surface area contributed by atoms with Crippen LogP contribution in [0, 0.1) is 23.2 Å². The van der Waals surface area contributed by atoms with Crippen molar-refractivity contribution in [3.8, 4) is 6.07 Å². The molecular weight excluding hydrogens is 264 g/mol. The van der Waals surface area contributed by atoms with E-state index in [1.165, 1.54) is 0 Å². The van der Waals surface area contributed by atoms with E-state index in [9.17, 15) is 4.79 Å². The van der Waals surface area contributed by atoms with Crippen LogP contribution in [0.1, 0.15) is 5.56 Å². The molecule has 0 bridgehead atoms. The molecule has 21 heavy (non-hydrogen) atoms. The van der Waals surface area contributed by atoms with Gasteiger partial charge in [0.05, 0.1) is 19.0 Å². The van der Waals surface area contributed by atoms with Gasteiger partial charge in [-0.3, -0.25) is 9.69 Å². The largest absolute Gasteiger partial charge is 0.325 e. The Labute approximate surface area is 124 Å². The normalized spacial score (nSPS) is 24.5. The molecule has 0 aromatic heterocycles. The number of carbonyl (C=O) groups excluding carboxylic acids is 1. The van der Waals surface area contributed by atoms with Crippen LogP contribution in [0.25, 0.3) is 0 Å². The molecule has 0 radical (unpaired) electrons. The maximum absolute atomic E-state index is 12.1. The average molecular weight is 284 g/mol. The lowest BCUT2D eigenvalue weighted by molar-refractivity contribution is -0.117. The van der Waals surface area contributed by atoms with E-state index >= 15 is 0 Å². The minimum atomic E-state index is 0.0379.